The van der Waals surface area contributed by atoms with Crippen LogP contribution in [0.3, 0.4) is 0 Å². The highest BCUT2D eigenvalue weighted by Gasteiger charge is 2.25. The van der Waals surface area contributed by atoms with Crippen molar-refractivity contribution in [2.75, 3.05) is 6.54 Å². The van der Waals surface area contributed by atoms with Gasteiger partial charge >= 0.3 is 5.97 Å². The number of unbranched alkanes of at least 4 members (excludes halogenated alkanes) is 1. The van der Waals surface area contributed by atoms with Gasteiger partial charge in [-0.1, -0.05) is 37.6 Å². The molecule has 1 atom stereocenters. The first kappa shape index (κ1) is 20.0. The van der Waals surface area contributed by atoms with Crippen LogP contribution in [0, 0.1) is 5.92 Å². The number of carboxylic acids is 1. The van der Waals surface area contributed by atoms with Crippen molar-refractivity contribution in [3.63, 3.8) is 0 Å². The number of carboxylic acid groups (broad SMARTS) is 1. The van der Waals surface area contributed by atoms with Crippen LogP contribution in [-0.2, 0) is 9.59 Å². The SMILES string of the molecule is CC(C)C(NC(=O)c1ccccc1Cl)C(=O)NCCCCC(=O)O. The van der Waals surface area contributed by atoms with Gasteiger partial charge in [0.05, 0.1) is 10.6 Å². The van der Waals surface area contributed by atoms with Gasteiger partial charge in [-0.25, -0.2) is 0 Å². The summed E-state index contributed by atoms with van der Waals surface area (Å²) in [6.45, 7) is 4.04. The number of hydrogen-bond acceptors (Lipinski definition) is 3. The molecule has 0 fully saturated rings. The number of nitrogens with one attached hydrogen (secondary N) is 2. The third-order valence-corrected chi connectivity index (χ3v) is 3.80. The Morgan fingerprint density at radius 2 is 1.83 bits per heavy atom. The zero-order valence-corrected chi connectivity index (χ0v) is 14.6. The van der Waals surface area contributed by atoms with E-state index in [4.69, 9.17) is 16.7 Å². The van der Waals surface area contributed by atoms with E-state index in [0.29, 0.717) is 30.0 Å². The minimum atomic E-state index is -0.853. The van der Waals surface area contributed by atoms with Gasteiger partial charge in [-0.2, -0.15) is 0 Å². The minimum Gasteiger partial charge on any atom is -0.481 e. The Labute approximate surface area is 146 Å². The van der Waals surface area contributed by atoms with Crippen molar-refractivity contribution < 1.29 is 19.5 Å². The topological polar surface area (TPSA) is 95.5 Å². The summed E-state index contributed by atoms with van der Waals surface area (Å²) < 4.78 is 0. The molecule has 0 aliphatic carbocycles. The van der Waals surface area contributed by atoms with Crippen LogP contribution < -0.4 is 10.6 Å². The van der Waals surface area contributed by atoms with E-state index in [9.17, 15) is 14.4 Å². The molecule has 1 aromatic carbocycles. The van der Waals surface area contributed by atoms with Gasteiger partial charge in [0.2, 0.25) is 5.91 Å². The molecule has 0 aliphatic heterocycles. The standard InChI is InChI=1S/C17H23ClN2O4/c1-11(2)15(17(24)19-10-6-5-9-14(21)22)20-16(23)12-7-3-4-8-13(12)18/h3-4,7-8,11,15H,5-6,9-10H2,1-2H3,(H,19,24)(H,20,23)(H,21,22). The Hall–Kier alpha value is -2.08. The lowest BCUT2D eigenvalue weighted by atomic mass is 10.0. The third-order valence-electron chi connectivity index (χ3n) is 3.47. The molecule has 1 unspecified atom stereocenters. The van der Waals surface area contributed by atoms with E-state index in [1.54, 1.807) is 24.3 Å². The second-order valence-electron chi connectivity index (χ2n) is 5.82. The predicted molar refractivity (Wildman–Crippen MR) is 92.0 cm³/mol. The van der Waals surface area contributed by atoms with Crippen LogP contribution in [0.2, 0.25) is 5.02 Å². The molecule has 0 bridgehead atoms. The summed E-state index contributed by atoms with van der Waals surface area (Å²) in [5.74, 6) is -1.65. The summed E-state index contributed by atoms with van der Waals surface area (Å²) >= 11 is 6.00. The van der Waals surface area contributed by atoms with Gasteiger partial charge < -0.3 is 15.7 Å². The molecule has 2 amide bonds. The number of hydrogen-bond donors (Lipinski definition) is 3. The second-order valence-corrected chi connectivity index (χ2v) is 6.22. The minimum absolute atomic E-state index is 0.0761. The highest BCUT2D eigenvalue weighted by molar-refractivity contribution is 6.33. The van der Waals surface area contributed by atoms with Crippen LogP contribution in [0.1, 0.15) is 43.5 Å². The van der Waals surface area contributed by atoms with E-state index in [1.807, 2.05) is 13.8 Å². The van der Waals surface area contributed by atoms with Crippen molar-refractivity contribution in [3.8, 4) is 0 Å². The van der Waals surface area contributed by atoms with Gasteiger partial charge in [0.25, 0.3) is 5.91 Å². The number of carbonyl (C=O) groups is 3. The summed E-state index contributed by atoms with van der Waals surface area (Å²) in [4.78, 5) is 35.0. The number of aliphatic carboxylic acids is 1. The van der Waals surface area contributed by atoms with Crippen LogP contribution in [0.5, 0.6) is 0 Å². The van der Waals surface area contributed by atoms with E-state index in [0.717, 1.165) is 0 Å². The Balaban J connectivity index is 2.57. The molecule has 1 aromatic rings. The van der Waals surface area contributed by atoms with Gasteiger partial charge in [0.15, 0.2) is 0 Å². The van der Waals surface area contributed by atoms with Crippen molar-refractivity contribution in [1.29, 1.82) is 0 Å². The Morgan fingerprint density at radius 1 is 1.17 bits per heavy atom. The molecule has 24 heavy (non-hydrogen) atoms. The molecule has 3 N–H and O–H groups in total. The van der Waals surface area contributed by atoms with Crippen LogP contribution in [0.25, 0.3) is 0 Å². The fourth-order valence-electron chi connectivity index (χ4n) is 2.12. The molecule has 0 saturated heterocycles. The number of rotatable bonds is 9. The smallest absolute Gasteiger partial charge is 0.303 e. The Bertz CT molecular complexity index is 590. The largest absolute Gasteiger partial charge is 0.481 e. The van der Waals surface area contributed by atoms with E-state index < -0.39 is 17.9 Å². The van der Waals surface area contributed by atoms with E-state index in [1.165, 1.54) is 0 Å². The van der Waals surface area contributed by atoms with E-state index in [-0.39, 0.29) is 18.2 Å². The molecular formula is C17H23ClN2O4. The van der Waals surface area contributed by atoms with E-state index >= 15 is 0 Å². The zero-order chi connectivity index (χ0) is 18.1. The van der Waals surface area contributed by atoms with Gasteiger partial charge in [0.1, 0.15) is 6.04 Å². The fraction of sp³-hybridized carbons (Fsp3) is 0.471. The van der Waals surface area contributed by atoms with Gasteiger partial charge in [-0.3, -0.25) is 14.4 Å². The average molecular weight is 355 g/mol. The van der Waals surface area contributed by atoms with E-state index in [2.05, 4.69) is 10.6 Å². The number of carbonyl (C=O) groups excluding carboxylic acids is 2. The molecule has 0 saturated carbocycles. The molecule has 0 heterocycles. The van der Waals surface area contributed by atoms with Crippen molar-refractivity contribution in [3.05, 3.63) is 34.9 Å². The Kier molecular flexibility index (Phi) is 8.26. The highest BCUT2D eigenvalue weighted by Crippen LogP contribution is 2.15. The molecule has 132 valence electrons. The van der Waals surface area contributed by atoms with Crippen molar-refractivity contribution in [1.82, 2.24) is 10.6 Å². The first-order chi connectivity index (χ1) is 11.3. The molecule has 6 nitrogen and oxygen atoms in total. The van der Waals surface area contributed by atoms with Crippen molar-refractivity contribution in [2.24, 2.45) is 5.92 Å². The molecule has 1 rings (SSSR count). The fourth-order valence-corrected chi connectivity index (χ4v) is 2.34. The summed E-state index contributed by atoms with van der Waals surface area (Å²) in [6, 6.07) is 5.95. The molecule has 0 spiro atoms. The molecule has 0 aliphatic rings. The van der Waals surface area contributed by atoms with Crippen LogP contribution in [-0.4, -0.2) is 35.5 Å². The lowest BCUT2D eigenvalue weighted by Crippen LogP contribution is -2.49. The van der Waals surface area contributed by atoms with Gasteiger partial charge in [-0.05, 0) is 30.9 Å². The lowest BCUT2D eigenvalue weighted by Gasteiger charge is -2.22. The number of halogens is 1. The van der Waals surface area contributed by atoms with Crippen molar-refractivity contribution in [2.45, 2.75) is 39.2 Å². The number of benzene rings is 1. The number of amides is 2. The normalized spacial score (nSPS) is 11.8. The van der Waals surface area contributed by atoms with Crippen molar-refractivity contribution >= 4 is 29.4 Å². The molecule has 0 aromatic heterocycles. The monoisotopic (exact) mass is 354 g/mol. The maximum atomic E-state index is 12.3. The average Bonchev–Trinajstić information content (AvgIpc) is 2.51. The van der Waals surface area contributed by atoms with Gasteiger partial charge in [-0.15, -0.1) is 0 Å². The summed E-state index contributed by atoms with van der Waals surface area (Å²) in [7, 11) is 0. The maximum absolute atomic E-state index is 12.3. The maximum Gasteiger partial charge on any atom is 0.303 e. The molecular weight excluding hydrogens is 332 g/mol. The quantitative estimate of drug-likeness (QED) is 0.593. The highest BCUT2D eigenvalue weighted by atomic mass is 35.5. The third kappa shape index (κ3) is 6.58. The summed E-state index contributed by atoms with van der Waals surface area (Å²) in [6.07, 6.45) is 1.14. The van der Waals surface area contributed by atoms with Crippen LogP contribution in [0.15, 0.2) is 24.3 Å². The van der Waals surface area contributed by atoms with Gasteiger partial charge in [0, 0.05) is 13.0 Å². The Morgan fingerprint density at radius 3 is 2.42 bits per heavy atom. The molecule has 0 radical (unpaired) electrons. The zero-order valence-electron chi connectivity index (χ0n) is 13.8. The first-order valence-electron chi connectivity index (χ1n) is 7.87. The summed E-state index contributed by atoms with van der Waals surface area (Å²) in [5.41, 5.74) is 0.319. The summed E-state index contributed by atoms with van der Waals surface area (Å²) in [5, 5.41) is 14.3. The second kappa shape index (κ2) is 9.93. The van der Waals surface area contributed by atoms with Crippen LogP contribution in [0.4, 0.5) is 0 Å². The predicted octanol–water partition coefficient (Wildman–Crippen LogP) is 2.47. The first-order valence-corrected chi connectivity index (χ1v) is 8.25. The lowest BCUT2D eigenvalue weighted by molar-refractivity contribution is -0.137. The van der Waals surface area contributed by atoms with Crippen LogP contribution >= 0.6 is 11.6 Å². The molecule has 7 heteroatoms.